The molecule has 1 aromatic carbocycles. The van der Waals surface area contributed by atoms with Crippen LogP contribution < -0.4 is 15.8 Å². The van der Waals surface area contributed by atoms with Gasteiger partial charge in [0, 0.05) is 23.5 Å². The predicted molar refractivity (Wildman–Crippen MR) is 109 cm³/mol. The highest BCUT2D eigenvalue weighted by Crippen LogP contribution is 2.38. The number of aromatic nitrogens is 2. The molecule has 0 spiro atoms. The van der Waals surface area contributed by atoms with Gasteiger partial charge in [0.05, 0.1) is 17.7 Å². The van der Waals surface area contributed by atoms with E-state index in [4.69, 9.17) is 10.8 Å². The van der Waals surface area contributed by atoms with Gasteiger partial charge in [-0.2, -0.15) is 26.3 Å². The topological polar surface area (TPSA) is 119 Å². The number of ether oxygens (including phenoxy) is 1. The number of nitrogens with two attached hydrogens (primary N) is 1. The van der Waals surface area contributed by atoms with E-state index in [2.05, 4.69) is 15.0 Å². The Bertz CT molecular complexity index is 1250. The van der Waals surface area contributed by atoms with Crippen LogP contribution in [0.2, 0.25) is 0 Å². The number of nitrogens with one attached hydrogen (secondary N) is 1. The summed E-state index contributed by atoms with van der Waals surface area (Å²) < 4.78 is 84.3. The largest absolute Gasteiger partial charge is 0.481 e. The van der Waals surface area contributed by atoms with Crippen molar-refractivity contribution in [3.63, 3.8) is 0 Å². The number of benzene rings is 1. The molecule has 0 saturated carbocycles. The van der Waals surface area contributed by atoms with E-state index in [1.807, 2.05) is 0 Å². The third-order valence-electron chi connectivity index (χ3n) is 4.81. The van der Waals surface area contributed by atoms with Crippen molar-refractivity contribution in [1.29, 1.82) is 0 Å². The molecule has 3 aromatic rings. The smallest absolute Gasteiger partial charge is 0.425 e. The summed E-state index contributed by atoms with van der Waals surface area (Å²) in [6, 6.07) is 4.87. The summed E-state index contributed by atoms with van der Waals surface area (Å²) in [4.78, 5) is 27.5. The number of pyridine rings is 1. The number of imidazole rings is 1. The zero-order chi connectivity index (χ0) is 26.1. The van der Waals surface area contributed by atoms with Crippen molar-refractivity contribution in [1.82, 2.24) is 14.7 Å². The van der Waals surface area contributed by atoms with Gasteiger partial charge in [0.2, 0.25) is 0 Å². The zero-order valence-electron chi connectivity index (χ0n) is 17.8. The first kappa shape index (κ1) is 25.8. The molecule has 8 nitrogen and oxygen atoms in total. The van der Waals surface area contributed by atoms with Crippen LogP contribution in [0.25, 0.3) is 5.65 Å². The quantitative estimate of drug-likeness (QED) is 0.334. The van der Waals surface area contributed by atoms with Gasteiger partial charge in [-0.05, 0) is 31.2 Å². The second-order valence-corrected chi connectivity index (χ2v) is 7.49. The highest BCUT2D eigenvalue weighted by atomic mass is 19.4. The van der Waals surface area contributed by atoms with Crippen molar-refractivity contribution in [3.05, 3.63) is 65.1 Å². The van der Waals surface area contributed by atoms with Crippen molar-refractivity contribution in [2.75, 3.05) is 0 Å². The van der Waals surface area contributed by atoms with E-state index in [-0.39, 0.29) is 12.1 Å². The lowest BCUT2D eigenvalue weighted by Gasteiger charge is -2.21. The zero-order valence-corrected chi connectivity index (χ0v) is 17.8. The van der Waals surface area contributed by atoms with Crippen LogP contribution in [0.5, 0.6) is 5.75 Å². The number of hydrogen-bond donors (Lipinski definition) is 3. The molecule has 0 aliphatic carbocycles. The van der Waals surface area contributed by atoms with E-state index in [0.29, 0.717) is 30.3 Å². The molecule has 2 heterocycles. The highest BCUT2D eigenvalue weighted by Gasteiger charge is 2.41. The van der Waals surface area contributed by atoms with Gasteiger partial charge in [-0.25, -0.2) is 4.98 Å². The monoisotopic (exact) mass is 504 g/mol. The third kappa shape index (κ3) is 6.20. The van der Waals surface area contributed by atoms with E-state index >= 15 is 0 Å². The summed E-state index contributed by atoms with van der Waals surface area (Å²) >= 11 is 0. The minimum atomic E-state index is -5.10. The van der Waals surface area contributed by atoms with Crippen LogP contribution in [0, 0.1) is 0 Å². The normalized spacial score (nSPS) is 13.9. The molecular formula is C21H18F6N4O4. The number of rotatable bonds is 7. The maximum Gasteiger partial charge on any atom is 0.425 e. The molecule has 3 rings (SSSR count). The van der Waals surface area contributed by atoms with Gasteiger partial charge < -0.3 is 25.3 Å². The van der Waals surface area contributed by atoms with Crippen molar-refractivity contribution < 1.29 is 45.8 Å². The van der Waals surface area contributed by atoms with Crippen molar-refractivity contribution in [2.24, 2.45) is 5.73 Å². The molecular weight excluding hydrogens is 486 g/mol. The lowest BCUT2D eigenvalue weighted by Crippen LogP contribution is -2.34. The first-order chi connectivity index (χ1) is 16.1. The molecule has 0 saturated heterocycles. The fourth-order valence-corrected chi connectivity index (χ4v) is 3.05. The van der Waals surface area contributed by atoms with Gasteiger partial charge in [0.25, 0.3) is 5.91 Å². The molecule has 2 aromatic heterocycles. The molecule has 35 heavy (non-hydrogen) atoms. The maximum atomic E-state index is 13.4. The minimum absolute atomic E-state index is 0.272. The molecule has 0 bridgehead atoms. The molecule has 2 unspecified atom stereocenters. The Labute approximate surface area is 193 Å². The SMILES string of the molecule is CC(Oc1ccc(C(=O)NC(N)c2ccc3nc(CC(=O)O)cn3c2)cc1C(F)(F)F)C(F)(F)F. The van der Waals surface area contributed by atoms with Crippen LogP contribution in [0.1, 0.15) is 40.3 Å². The van der Waals surface area contributed by atoms with Crippen molar-refractivity contribution >= 4 is 17.5 Å². The van der Waals surface area contributed by atoms with Crippen LogP contribution >= 0.6 is 0 Å². The maximum absolute atomic E-state index is 13.4. The number of aliphatic carboxylic acids is 1. The Morgan fingerprint density at radius 2 is 1.83 bits per heavy atom. The number of carbonyl (C=O) groups excluding carboxylic acids is 1. The summed E-state index contributed by atoms with van der Waals surface area (Å²) in [7, 11) is 0. The van der Waals surface area contributed by atoms with Gasteiger partial charge in [-0.3, -0.25) is 9.59 Å². The fraction of sp³-hybridized carbons (Fsp3) is 0.286. The number of halogens is 6. The molecule has 2 atom stereocenters. The Kier molecular flexibility index (Phi) is 6.96. The minimum Gasteiger partial charge on any atom is -0.481 e. The molecule has 0 radical (unpaired) electrons. The molecule has 0 fully saturated rings. The summed E-state index contributed by atoms with van der Waals surface area (Å²) in [5.74, 6) is -3.18. The number of fused-ring (bicyclic) bond motifs is 1. The van der Waals surface area contributed by atoms with Gasteiger partial charge in [-0.1, -0.05) is 6.07 Å². The molecule has 14 heteroatoms. The van der Waals surface area contributed by atoms with Crippen molar-refractivity contribution in [3.8, 4) is 5.75 Å². The number of nitrogens with zero attached hydrogens (tertiary/aromatic N) is 2. The molecule has 188 valence electrons. The first-order valence-electron chi connectivity index (χ1n) is 9.85. The van der Waals surface area contributed by atoms with Crippen LogP contribution in [0.4, 0.5) is 26.3 Å². The van der Waals surface area contributed by atoms with Crippen LogP contribution in [0.15, 0.2) is 42.7 Å². The number of carboxylic acid groups (broad SMARTS) is 1. The standard InChI is InChI=1S/C21H18F6N4O4/c1-10(20(22,23)24)35-15-4-2-11(6-14(15)21(25,26)27)19(34)30-18(28)12-3-5-16-29-13(7-17(32)33)9-31(16)8-12/h2-6,8-10,18H,7,28H2,1H3,(H,30,34)(H,32,33). The fourth-order valence-electron chi connectivity index (χ4n) is 3.05. The summed E-state index contributed by atoms with van der Waals surface area (Å²) in [6.45, 7) is 0.557. The Hall–Kier alpha value is -3.81. The highest BCUT2D eigenvalue weighted by molar-refractivity contribution is 5.94. The Balaban J connectivity index is 1.81. The van der Waals surface area contributed by atoms with E-state index < -0.39 is 53.4 Å². The van der Waals surface area contributed by atoms with E-state index in [1.165, 1.54) is 28.9 Å². The number of carboxylic acids is 1. The number of carbonyl (C=O) groups is 2. The molecule has 1 amide bonds. The molecule has 0 aliphatic rings. The Morgan fingerprint density at radius 3 is 2.43 bits per heavy atom. The van der Waals surface area contributed by atoms with Crippen LogP contribution in [-0.4, -0.2) is 38.6 Å². The third-order valence-corrected chi connectivity index (χ3v) is 4.81. The average Bonchev–Trinajstić information content (AvgIpc) is 3.12. The van der Waals surface area contributed by atoms with Gasteiger partial charge >= 0.3 is 18.3 Å². The average molecular weight is 504 g/mol. The lowest BCUT2D eigenvalue weighted by molar-refractivity contribution is -0.191. The second-order valence-electron chi connectivity index (χ2n) is 7.49. The molecule has 4 N–H and O–H groups in total. The van der Waals surface area contributed by atoms with Crippen molar-refractivity contribution in [2.45, 2.75) is 38.0 Å². The predicted octanol–water partition coefficient (Wildman–Crippen LogP) is 3.70. The van der Waals surface area contributed by atoms with E-state index in [1.54, 1.807) is 0 Å². The first-order valence-corrected chi connectivity index (χ1v) is 9.85. The van der Waals surface area contributed by atoms with Crippen LogP contribution in [0.3, 0.4) is 0 Å². The van der Waals surface area contributed by atoms with Gasteiger partial charge in [-0.15, -0.1) is 0 Å². The van der Waals surface area contributed by atoms with Gasteiger partial charge in [0.15, 0.2) is 6.10 Å². The van der Waals surface area contributed by atoms with E-state index in [9.17, 15) is 35.9 Å². The summed E-state index contributed by atoms with van der Waals surface area (Å²) in [6.07, 6.45) is -11.1. The summed E-state index contributed by atoms with van der Waals surface area (Å²) in [5.41, 5.74) is 4.88. The second kappa shape index (κ2) is 9.44. The van der Waals surface area contributed by atoms with E-state index in [0.717, 1.165) is 6.07 Å². The lowest BCUT2D eigenvalue weighted by atomic mass is 10.1. The number of hydrogen-bond acceptors (Lipinski definition) is 5. The Morgan fingerprint density at radius 1 is 1.14 bits per heavy atom. The molecule has 0 aliphatic heterocycles. The number of amides is 1. The summed E-state index contributed by atoms with van der Waals surface area (Å²) in [5, 5.41) is 11.2. The number of alkyl halides is 6. The van der Waals surface area contributed by atoms with Gasteiger partial charge in [0.1, 0.15) is 17.6 Å². The van der Waals surface area contributed by atoms with Crippen LogP contribution in [-0.2, 0) is 17.4 Å².